The van der Waals surface area contributed by atoms with Crippen LogP contribution in [-0.2, 0) is 0 Å². The molecule has 4 saturated carbocycles. The van der Waals surface area contributed by atoms with Crippen molar-refractivity contribution in [2.75, 3.05) is 14.1 Å². The Kier molecular flexibility index (Phi) is 4.94. The lowest BCUT2D eigenvalue weighted by atomic mass is 9.49. The standard InChI is InChI=1S/C29H40N2/c1-29-14-12-25-24-9-7-23(31(2)3)17-20(24)6-8-26(25)28(29)11-10-27(29)21-5-4-19-13-15-30-18-22(19)16-21/h4-5,13,15-16,18,20,23-28H,6-12,14,17H2,1-3H3/t20?,23-,24-,25+,26+,27+,28-,29+/m0/s1. The number of aromatic nitrogens is 1. The molecule has 2 heteroatoms. The molecule has 2 aromatic rings. The molecule has 0 radical (unpaired) electrons. The van der Waals surface area contributed by atoms with Gasteiger partial charge in [0.25, 0.3) is 0 Å². The quantitative estimate of drug-likeness (QED) is 0.529. The van der Waals surface area contributed by atoms with Gasteiger partial charge in [-0.1, -0.05) is 19.1 Å². The summed E-state index contributed by atoms with van der Waals surface area (Å²) >= 11 is 0. The highest BCUT2D eigenvalue weighted by Gasteiger charge is 2.57. The first-order chi connectivity index (χ1) is 15.0. The van der Waals surface area contributed by atoms with Crippen molar-refractivity contribution >= 4 is 10.8 Å². The molecule has 0 saturated heterocycles. The first kappa shape index (κ1) is 20.2. The molecule has 2 nitrogen and oxygen atoms in total. The number of nitrogens with zero attached hydrogens (tertiary/aromatic N) is 2. The number of hydrogen-bond acceptors (Lipinski definition) is 2. The van der Waals surface area contributed by atoms with Crippen LogP contribution in [0, 0.1) is 35.0 Å². The fourth-order valence-electron chi connectivity index (χ4n) is 9.17. The second kappa shape index (κ2) is 7.58. The molecule has 1 heterocycles. The summed E-state index contributed by atoms with van der Waals surface area (Å²) in [6, 6.07) is 10.2. The van der Waals surface area contributed by atoms with E-state index in [1.807, 2.05) is 6.20 Å². The Hall–Kier alpha value is -1.41. The van der Waals surface area contributed by atoms with Crippen molar-refractivity contribution < 1.29 is 0 Å². The Morgan fingerprint density at radius 2 is 1.74 bits per heavy atom. The van der Waals surface area contributed by atoms with Gasteiger partial charge in [-0.25, -0.2) is 0 Å². The molecule has 0 N–H and O–H groups in total. The smallest absolute Gasteiger partial charge is 0.0346 e. The maximum absolute atomic E-state index is 4.38. The fourth-order valence-corrected chi connectivity index (χ4v) is 9.17. The number of rotatable bonds is 2. The highest BCUT2D eigenvalue weighted by Crippen LogP contribution is 2.66. The summed E-state index contributed by atoms with van der Waals surface area (Å²) in [6.45, 7) is 2.67. The number of fused-ring (bicyclic) bond motifs is 6. The molecule has 166 valence electrons. The molecular weight excluding hydrogens is 376 g/mol. The average molecular weight is 417 g/mol. The Labute approximate surface area is 188 Å². The SMILES string of the molecule is CN(C)[C@H]1CC[C@H]2C(CC[C@@H]3[C@@H]2CC[C@]2(C)[C@@H](c4ccc5ccncc5c4)CC[C@@H]32)C1. The minimum atomic E-state index is 0.505. The summed E-state index contributed by atoms with van der Waals surface area (Å²) < 4.78 is 0. The lowest BCUT2D eigenvalue weighted by molar-refractivity contribution is -0.0624. The molecule has 0 bridgehead atoms. The van der Waals surface area contributed by atoms with Crippen molar-refractivity contribution in [2.45, 2.75) is 76.7 Å². The van der Waals surface area contributed by atoms with Crippen LogP contribution in [0.2, 0.25) is 0 Å². The maximum Gasteiger partial charge on any atom is 0.0346 e. The predicted molar refractivity (Wildman–Crippen MR) is 129 cm³/mol. The molecule has 4 fully saturated rings. The zero-order chi connectivity index (χ0) is 21.2. The van der Waals surface area contributed by atoms with Gasteiger partial charge in [-0.15, -0.1) is 0 Å². The lowest BCUT2D eigenvalue weighted by Gasteiger charge is -2.56. The number of pyridine rings is 1. The monoisotopic (exact) mass is 416 g/mol. The fraction of sp³-hybridized carbons (Fsp3) is 0.690. The topological polar surface area (TPSA) is 16.1 Å². The van der Waals surface area contributed by atoms with E-state index in [1.54, 1.807) is 5.56 Å². The number of benzene rings is 1. The Balaban J connectivity index is 1.24. The third-order valence-electron chi connectivity index (χ3n) is 10.7. The van der Waals surface area contributed by atoms with Crippen molar-refractivity contribution in [3.8, 4) is 0 Å². The molecule has 0 aliphatic heterocycles. The molecule has 8 atom stereocenters. The second-order valence-corrected chi connectivity index (χ2v) is 12.0. The van der Waals surface area contributed by atoms with E-state index >= 15 is 0 Å². The van der Waals surface area contributed by atoms with E-state index in [1.165, 1.54) is 68.6 Å². The summed E-state index contributed by atoms with van der Waals surface area (Å²) in [5.74, 6) is 5.77. The van der Waals surface area contributed by atoms with Gasteiger partial charge in [-0.3, -0.25) is 4.98 Å². The lowest BCUT2D eigenvalue weighted by Crippen LogP contribution is -2.49. The van der Waals surface area contributed by atoms with Gasteiger partial charge < -0.3 is 4.90 Å². The van der Waals surface area contributed by atoms with Gasteiger partial charge in [0, 0.05) is 23.8 Å². The van der Waals surface area contributed by atoms with Crippen molar-refractivity contribution in [1.29, 1.82) is 0 Å². The van der Waals surface area contributed by atoms with Crippen LogP contribution < -0.4 is 0 Å². The van der Waals surface area contributed by atoms with Crippen LogP contribution in [-0.4, -0.2) is 30.0 Å². The predicted octanol–water partition coefficient (Wildman–Crippen LogP) is 6.90. The van der Waals surface area contributed by atoms with Gasteiger partial charge in [0.2, 0.25) is 0 Å². The molecule has 4 aliphatic rings. The van der Waals surface area contributed by atoms with Crippen molar-refractivity contribution in [3.63, 3.8) is 0 Å². The Morgan fingerprint density at radius 1 is 0.871 bits per heavy atom. The van der Waals surface area contributed by atoms with E-state index < -0.39 is 0 Å². The van der Waals surface area contributed by atoms with E-state index in [0.717, 1.165) is 41.5 Å². The van der Waals surface area contributed by atoms with E-state index in [4.69, 9.17) is 0 Å². The largest absolute Gasteiger partial charge is 0.306 e. The van der Waals surface area contributed by atoms with Crippen molar-refractivity contribution in [2.24, 2.45) is 35.0 Å². The molecule has 0 spiro atoms. The molecular formula is C29H40N2. The van der Waals surface area contributed by atoms with Crippen molar-refractivity contribution in [1.82, 2.24) is 9.88 Å². The molecule has 1 unspecified atom stereocenters. The third-order valence-corrected chi connectivity index (χ3v) is 10.7. The molecule has 4 aliphatic carbocycles. The molecule has 6 rings (SSSR count). The normalized spacial score (nSPS) is 42.3. The van der Waals surface area contributed by atoms with Gasteiger partial charge in [-0.05, 0) is 136 Å². The highest BCUT2D eigenvalue weighted by atomic mass is 15.1. The second-order valence-electron chi connectivity index (χ2n) is 12.0. The van der Waals surface area contributed by atoms with Crippen LogP contribution in [0.25, 0.3) is 10.8 Å². The molecule has 1 aromatic carbocycles. The maximum atomic E-state index is 4.38. The molecule has 31 heavy (non-hydrogen) atoms. The molecule has 1 aromatic heterocycles. The highest BCUT2D eigenvalue weighted by molar-refractivity contribution is 5.82. The van der Waals surface area contributed by atoms with Crippen molar-refractivity contribution in [3.05, 3.63) is 42.2 Å². The first-order valence-electron chi connectivity index (χ1n) is 13.0. The van der Waals surface area contributed by atoms with E-state index in [-0.39, 0.29) is 0 Å². The summed E-state index contributed by atoms with van der Waals surface area (Å²) in [5.41, 5.74) is 2.09. The van der Waals surface area contributed by atoms with Crippen LogP contribution in [0.4, 0.5) is 0 Å². The summed E-state index contributed by atoms with van der Waals surface area (Å²) in [7, 11) is 4.59. The summed E-state index contributed by atoms with van der Waals surface area (Å²) in [5, 5.41) is 2.65. The summed E-state index contributed by atoms with van der Waals surface area (Å²) in [4.78, 5) is 6.89. The van der Waals surface area contributed by atoms with Crippen LogP contribution in [0.5, 0.6) is 0 Å². The zero-order valence-electron chi connectivity index (χ0n) is 19.8. The minimum Gasteiger partial charge on any atom is -0.306 e. The van der Waals surface area contributed by atoms with Crippen LogP contribution in [0.3, 0.4) is 0 Å². The van der Waals surface area contributed by atoms with Gasteiger partial charge in [0.1, 0.15) is 0 Å². The summed E-state index contributed by atoms with van der Waals surface area (Å²) in [6.07, 6.45) is 17.2. The van der Waals surface area contributed by atoms with E-state index in [9.17, 15) is 0 Å². The van der Waals surface area contributed by atoms with E-state index in [0.29, 0.717) is 5.41 Å². The zero-order valence-corrected chi connectivity index (χ0v) is 19.8. The van der Waals surface area contributed by atoms with Gasteiger partial charge in [0.15, 0.2) is 0 Å². The minimum absolute atomic E-state index is 0.505. The van der Waals surface area contributed by atoms with E-state index in [2.05, 4.69) is 61.4 Å². The number of hydrogen-bond donors (Lipinski definition) is 0. The first-order valence-corrected chi connectivity index (χ1v) is 13.0. The van der Waals surface area contributed by atoms with Crippen LogP contribution in [0.1, 0.15) is 76.2 Å². The average Bonchev–Trinajstić information content (AvgIpc) is 3.15. The Morgan fingerprint density at radius 3 is 2.61 bits per heavy atom. The van der Waals surface area contributed by atoms with Crippen LogP contribution in [0.15, 0.2) is 36.7 Å². The van der Waals surface area contributed by atoms with Gasteiger partial charge in [-0.2, -0.15) is 0 Å². The molecule has 0 amide bonds. The third kappa shape index (κ3) is 3.19. The van der Waals surface area contributed by atoms with Crippen LogP contribution >= 0.6 is 0 Å². The Bertz CT molecular complexity index is 951. The van der Waals surface area contributed by atoms with Gasteiger partial charge in [0.05, 0.1) is 0 Å². The van der Waals surface area contributed by atoms with Gasteiger partial charge >= 0.3 is 0 Å².